The Hall–Kier alpha value is -3.11. The number of nitriles is 1. The smallest absolute Gasteiger partial charge is 0.292 e. The minimum absolute atomic E-state index is 0.0777. The number of carbonyl (C=O) groups is 1. The van der Waals surface area contributed by atoms with E-state index in [0.717, 1.165) is 0 Å². The van der Waals surface area contributed by atoms with Crippen molar-refractivity contribution in [2.75, 3.05) is 5.32 Å². The number of hydrogen-bond acceptors (Lipinski definition) is 5. The maximum atomic E-state index is 12.2. The first-order chi connectivity index (χ1) is 11.4. The minimum Gasteiger partial charge on any atom is -0.479 e. The number of nitrogens with one attached hydrogen (secondary N) is 1. The third kappa shape index (κ3) is 4.00. The van der Waals surface area contributed by atoms with Crippen LogP contribution >= 0.6 is 11.6 Å². The molecule has 1 atom stereocenters. The number of carbonyl (C=O) groups excluding carboxylic acids is 1. The SMILES string of the molecule is C[C@H](Oc1ccc(C#N)cc1Cl)C(=O)Nc1ccccc1[N+](=O)[O-]. The largest absolute Gasteiger partial charge is 0.479 e. The van der Waals surface area contributed by atoms with Crippen LogP contribution < -0.4 is 10.1 Å². The van der Waals surface area contributed by atoms with E-state index in [0.29, 0.717) is 5.56 Å². The van der Waals surface area contributed by atoms with E-state index in [2.05, 4.69) is 5.32 Å². The lowest BCUT2D eigenvalue weighted by Gasteiger charge is -2.15. The number of amides is 1. The van der Waals surface area contributed by atoms with Crippen molar-refractivity contribution in [1.82, 2.24) is 0 Å². The molecule has 2 aromatic carbocycles. The second-order valence-corrected chi connectivity index (χ2v) is 5.19. The summed E-state index contributed by atoms with van der Waals surface area (Å²) in [6.07, 6.45) is -0.949. The number of rotatable bonds is 5. The molecule has 0 unspecified atom stereocenters. The molecule has 0 fully saturated rings. The number of benzene rings is 2. The van der Waals surface area contributed by atoms with E-state index in [1.165, 1.54) is 43.3 Å². The summed E-state index contributed by atoms with van der Waals surface area (Å²) >= 11 is 5.99. The first-order valence-electron chi connectivity index (χ1n) is 6.83. The molecule has 0 saturated carbocycles. The van der Waals surface area contributed by atoms with Crippen LogP contribution in [0.1, 0.15) is 12.5 Å². The molecule has 0 radical (unpaired) electrons. The molecule has 2 rings (SSSR count). The number of para-hydroxylation sites is 2. The van der Waals surface area contributed by atoms with Gasteiger partial charge in [0.05, 0.1) is 21.6 Å². The molecule has 7 nitrogen and oxygen atoms in total. The van der Waals surface area contributed by atoms with Gasteiger partial charge in [-0.2, -0.15) is 5.26 Å². The van der Waals surface area contributed by atoms with Crippen LogP contribution in [0.3, 0.4) is 0 Å². The van der Waals surface area contributed by atoms with Gasteiger partial charge < -0.3 is 10.1 Å². The van der Waals surface area contributed by atoms with Gasteiger partial charge in [0.15, 0.2) is 6.10 Å². The van der Waals surface area contributed by atoms with Crippen molar-refractivity contribution in [1.29, 1.82) is 5.26 Å². The normalized spacial score (nSPS) is 11.2. The minimum atomic E-state index is -0.949. The lowest BCUT2D eigenvalue weighted by molar-refractivity contribution is -0.383. The number of ether oxygens (including phenoxy) is 1. The Bertz CT molecular complexity index is 832. The number of nitro benzene ring substituents is 1. The molecule has 0 heterocycles. The standard InChI is InChI=1S/C16H12ClN3O4/c1-10(24-15-7-6-11(9-18)8-12(15)17)16(21)19-13-4-2-3-5-14(13)20(22)23/h2-8,10H,1H3,(H,19,21)/t10-/m0/s1. The van der Waals surface area contributed by atoms with E-state index in [4.69, 9.17) is 21.6 Å². The fourth-order valence-corrected chi connectivity index (χ4v) is 2.11. The van der Waals surface area contributed by atoms with Gasteiger partial charge in [-0.25, -0.2) is 0 Å². The Kier molecular flexibility index (Phi) is 5.35. The van der Waals surface area contributed by atoms with Gasteiger partial charge in [-0.3, -0.25) is 14.9 Å². The van der Waals surface area contributed by atoms with Crippen molar-refractivity contribution in [2.24, 2.45) is 0 Å². The lowest BCUT2D eigenvalue weighted by atomic mass is 10.2. The molecule has 1 N–H and O–H groups in total. The van der Waals surface area contributed by atoms with Gasteiger partial charge >= 0.3 is 0 Å². The van der Waals surface area contributed by atoms with Crippen LogP contribution in [0.15, 0.2) is 42.5 Å². The van der Waals surface area contributed by atoms with Crippen molar-refractivity contribution in [3.05, 3.63) is 63.2 Å². The van der Waals surface area contributed by atoms with E-state index in [1.807, 2.05) is 6.07 Å². The molecule has 2 aromatic rings. The molecule has 0 spiro atoms. The Morgan fingerprint density at radius 1 is 1.38 bits per heavy atom. The van der Waals surface area contributed by atoms with Gasteiger partial charge in [0, 0.05) is 6.07 Å². The highest BCUT2D eigenvalue weighted by Crippen LogP contribution is 2.27. The average Bonchev–Trinajstić information content (AvgIpc) is 2.56. The maximum absolute atomic E-state index is 12.2. The summed E-state index contributed by atoms with van der Waals surface area (Å²) in [5.74, 6) is -0.328. The molecule has 0 saturated heterocycles. The van der Waals surface area contributed by atoms with Crippen LogP contribution in [0.4, 0.5) is 11.4 Å². The second kappa shape index (κ2) is 7.44. The molecule has 8 heteroatoms. The number of halogens is 1. The molecular weight excluding hydrogens is 334 g/mol. The van der Waals surface area contributed by atoms with Crippen molar-refractivity contribution < 1.29 is 14.5 Å². The predicted octanol–water partition coefficient (Wildman–Crippen LogP) is 3.53. The van der Waals surface area contributed by atoms with Crippen LogP contribution in [0.5, 0.6) is 5.75 Å². The number of nitrogens with zero attached hydrogens (tertiary/aromatic N) is 2. The van der Waals surface area contributed by atoms with Crippen LogP contribution in [-0.4, -0.2) is 16.9 Å². The third-order valence-corrected chi connectivity index (χ3v) is 3.39. The van der Waals surface area contributed by atoms with Gasteiger partial charge in [0.2, 0.25) is 0 Å². The fraction of sp³-hybridized carbons (Fsp3) is 0.125. The molecule has 122 valence electrons. The summed E-state index contributed by atoms with van der Waals surface area (Å²) in [6, 6.07) is 12.1. The van der Waals surface area contributed by atoms with E-state index in [-0.39, 0.29) is 22.1 Å². The van der Waals surface area contributed by atoms with E-state index in [1.54, 1.807) is 6.07 Å². The van der Waals surface area contributed by atoms with Crippen LogP contribution in [0.2, 0.25) is 5.02 Å². The molecule has 1 amide bonds. The van der Waals surface area contributed by atoms with Crippen molar-refractivity contribution in [2.45, 2.75) is 13.0 Å². The molecule has 0 aliphatic rings. The van der Waals surface area contributed by atoms with E-state index < -0.39 is 16.9 Å². The maximum Gasteiger partial charge on any atom is 0.292 e. The molecular formula is C16H12ClN3O4. The first kappa shape index (κ1) is 17.2. The molecule has 0 aromatic heterocycles. The Morgan fingerprint density at radius 2 is 2.08 bits per heavy atom. The molecule has 0 aliphatic heterocycles. The van der Waals surface area contributed by atoms with E-state index >= 15 is 0 Å². The van der Waals surface area contributed by atoms with Crippen LogP contribution in [0.25, 0.3) is 0 Å². The fourth-order valence-electron chi connectivity index (χ4n) is 1.88. The summed E-state index contributed by atoms with van der Waals surface area (Å²) in [6.45, 7) is 1.48. The highest BCUT2D eigenvalue weighted by Gasteiger charge is 2.20. The number of nitro groups is 1. The Labute approximate surface area is 142 Å². The zero-order valence-electron chi connectivity index (χ0n) is 12.5. The van der Waals surface area contributed by atoms with Crippen LogP contribution in [-0.2, 0) is 4.79 Å². The number of anilines is 1. The quantitative estimate of drug-likeness (QED) is 0.659. The topological polar surface area (TPSA) is 105 Å². The summed E-state index contributed by atoms with van der Waals surface area (Å²) in [5.41, 5.74) is 0.229. The van der Waals surface area contributed by atoms with Gasteiger partial charge in [0.25, 0.3) is 11.6 Å². The molecule has 0 aliphatic carbocycles. The summed E-state index contributed by atoms with van der Waals surface area (Å²) < 4.78 is 5.46. The lowest BCUT2D eigenvalue weighted by Crippen LogP contribution is -2.30. The zero-order chi connectivity index (χ0) is 17.7. The van der Waals surface area contributed by atoms with Gasteiger partial charge in [-0.15, -0.1) is 0 Å². The summed E-state index contributed by atoms with van der Waals surface area (Å²) in [5, 5.41) is 22.4. The van der Waals surface area contributed by atoms with Gasteiger partial charge in [0.1, 0.15) is 11.4 Å². The highest BCUT2D eigenvalue weighted by atomic mass is 35.5. The average molecular weight is 346 g/mol. The van der Waals surface area contributed by atoms with Gasteiger partial charge in [-0.1, -0.05) is 23.7 Å². The van der Waals surface area contributed by atoms with Crippen molar-refractivity contribution in [3.8, 4) is 11.8 Å². The monoisotopic (exact) mass is 345 g/mol. The van der Waals surface area contributed by atoms with Crippen molar-refractivity contribution >= 4 is 28.9 Å². The molecule has 0 bridgehead atoms. The van der Waals surface area contributed by atoms with Crippen molar-refractivity contribution in [3.63, 3.8) is 0 Å². The number of hydrogen-bond donors (Lipinski definition) is 1. The van der Waals surface area contributed by atoms with E-state index in [9.17, 15) is 14.9 Å². The molecule has 24 heavy (non-hydrogen) atoms. The summed E-state index contributed by atoms with van der Waals surface area (Å²) in [4.78, 5) is 22.5. The predicted molar refractivity (Wildman–Crippen MR) is 88.0 cm³/mol. The van der Waals surface area contributed by atoms with Crippen LogP contribution in [0, 0.1) is 21.4 Å². The first-order valence-corrected chi connectivity index (χ1v) is 7.20. The zero-order valence-corrected chi connectivity index (χ0v) is 13.3. The Balaban J connectivity index is 2.11. The Morgan fingerprint density at radius 3 is 2.71 bits per heavy atom. The summed E-state index contributed by atoms with van der Waals surface area (Å²) in [7, 11) is 0. The highest BCUT2D eigenvalue weighted by molar-refractivity contribution is 6.32. The second-order valence-electron chi connectivity index (χ2n) is 4.78. The third-order valence-electron chi connectivity index (χ3n) is 3.09. The van der Waals surface area contributed by atoms with Gasteiger partial charge in [-0.05, 0) is 31.2 Å².